The lowest BCUT2D eigenvalue weighted by molar-refractivity contribution is 0.548. The molecule has 1 aromatic heterocycles. The van der Waals surface area contributed by atoms with Crippen molar-refractivity contribution in [2.75, 3.05) is 6.54 Å². The van der Waals surface area contributed by atoms with Gasteiger partial charge in [-0.25, -0.2) is 18.2 Å². The quantitative estimate of drug-likeness (QED) is 0.805. The molecule has 1 heterocycles. The molecule has 0 bridgehead atoms. The van der Waals surface area contributed by atoms with E-state index in [1.54, 1.807) is 0 Å². The highest BCUT2D eigenvalue weighted by Crippen LogP contribution is 2.32. The summed E-state index contributed by atoms with van der Waals surface area (Å²) in [5.41, 5.74) is 0.569. The molecule has 0 spiro atoms. The Morgan fingerprint density at radius 3 is 2.38 bits per heavy atom. The topological polar surface area (TPSA) is 24.9 Å². The van der Waals surface area contributed by atoms with Crippen LogP contribution in [0, 0.1) is 17.5 Å². The number of hydrogen-bond acceptors (Lipinski definition) is 3. The van der Waals surface area contributed by atoms with Crippen molar-refractivity contribution in [3.05, 3.63) is 40.2 Å². The maximum Gasteiger partial charge on any atom is 0.139 e. The van der Waals surface area contributed by atoms with Crippen molar-refractivity contribution in [3.63, 3.8) is 0 Å². The van der Waals surface area contributed by atoms with Crippen molar-refractivity contribution in [1.82, 2.24) is 10.3 Å². The van der Waals surface area contributed by atoms with Crippen LogP contribution in [0.1, 0.15) is 30.8 Å². The number of benzene rings is 1. The maximum absolute atomic E-state index is 13.8. The zero-order chi connectivity index (χ0) is 15.4. The number of rotatable bonds is 6. The Balaban J connectivity index is 2.37. The number of thiazole rings is 1. The molecule has 2 aromatic rings. The second-order valence-electron chi connectivity index (χ2n) is 4.66. The summed E-state index contributed by atoms with van der Waals surface area (Å²) in [4.78, 5) is 5.27. The molecule has 21 heavy (non-hydrogen) atoms. The van der Waals surface area contributed by atoms with Crippen molar-refractivity contribution in [2.24, 2.45) is 0 Å². The van der Waals surface area contributed by atoms with Crippen LogP contribution in [-0.4, -0.2) is 11.5 Å². The minimum absolute atomic E-state index is 0.252. The Labute approximate surface area is 126 Å². The van der Waals surface area contributed by atoms with E-state index in [0.29, 0.717) is 25.1 Å². The van der Waals surface area contributed by atoms with Gasteiger partial charge in [-0.05, 0) is 19.4 Å². The minimum Gasteiger partial charge on any atom is -0.312 e. The summed E-state index contributed by atoms with van der Waals surface area (Å²) in [6.07, 6.45) is 1.69. The highest BCUT2D eigenvalue weighted by atomic mass is 32.1. The van der Waals surface area contributed by atoms with Gasteiger partial charge in [0, 0.05) is 23.6 Å². The van der Waals surface area contributed by atoms with E-state index in [9.17, 15) is 13.2 Å². The lowest BCUT2D eigenvalue weighted by Gasteiger charge is -2.01. The maximum atomic E-state index is 13.8. The number of nitrogens with one attached hydrogen (secondary N) is 1. The van der Waals surface area contributed by atoms with Gasteiger partial charge < -0.3 is 5.32 Å². The summed E-state index contributed by atoms with van der Waals surface area (Å²) in [6.45, 7) is 5.50. The Morgan fingerprint density at radius 2 is 1.81 bits per heavy atom. The van der Waals surface area contributed by atoms with Crippen LogP contribution >= 0.6 is 11.3 Å². The Morgan fingerprint density at radius 1 is 1.14 bits per heavy atom. The number of aromatic nitrogens is 1. The zero-order valence-electron chi connectivity index (χ0n) is 12.0. The van der Waals surface area contributed by atoms with Crippen molar-refractivity contribution in [3.8, 4) is 10.6 Å². The van der Waals surface area contributed by atoms with Crippen LogP contribution in [0.25, 0.3) is 10.6 Å². The Kier molecular flexibility index (Phi) is 5.36. The third kappa shape index (κ3) is 3.63. The van der Waals surface area contributed by atoms with E-state index < -0.39 is 17.5 Å². The fourth-order valence-electron chi connectivity index (χ4n) is 2.03. The second-order valence-corrected chi connectivity index (χ2v) is 5.75. The predicted octanol–water partition coefficient (Wildman–Crippen LogP) is 4.29. The zero-order valence-corrected chi connectivity index (χ0v) is 12.8. The molecule has 114 valence electrons. The van der Waals surface area contributed by atoms with E-state index >= 15 is 0 Å². The molecule has 1 N–H and O–H groups in total. The van der Waals surface area contributed by atoms with Gasteiger partial charge in [0.05, 0.1) is 11.3 Å². The van der Waals surface area contributed by atoms with Gasteiger partial charge in [0.25, 0.3) is 0 Å². The van der Waals surface area contributed by atoms with Gasteiger partial charge in [0.1, 0.15) is 22.5 Å². The van der Waals surface area contributed by atoms with Crippen LogP contribution in [0.4, 0.5) is 13.2 Å². The van der Waals surface area contributed by atoms with Crippen LogP contribution in [0.5, 0.6) is 0 Å². The summed E-state index contributed by atoms with van der Waals surface area (Å²) >= 11 is 1.25. The number of aryl methyl sites for hydroxylation is 1. The Bertz CT molecular complexity index is 602. The molecular weight excluding hydrogens is 297 g/mol. The fourth-order valence-corrected chi connectivity index (χ4v) is 3.20. The summed E-state index contributed by atoms with van der Waals surface area (Å²) in [5, 5.41) is 3.51. The second kappa shape index (κ2) is 7.04. The standard InChI is InChI=1S/C15H17F3N2S/c1-3-5-19-8-13-12(4-2)20-15(21-13)14-10(17)6-9(16)7-11(14)18/h6-7,19H,3-5,8H2,1-2H3. The first-order valence-corrected chi connectivity index (χ1v) is 7.72. The molecular formula is C15H17F3N2S. The Hall–Kier alpha value is -1.40. The highest BCUT2D eigenvalue weighted by molar-refractivity contribution is 7.15. The van der Waals surface area contributed by atoms with Crippen LogP contribution in [0.15, 0.2) is 12.1 Å². The summed E-state index contributed by atoms with van der Waals surface area (Å²) in [7, 11) is 0. The largest absolute Gasteiger partial charge is 0.312 e. The van der Waals surface area contributed by atoms with E-state index in [1.807, 2.05) is 6.92 Å². The molecule has 1 aromatic carbocycles. The SMILES string of the molecule is CCCNCc1sc(-c2c(F)cc(F)cc2F)nc1CC. The molecule has 6 heteroatoms. The van der Waals surface area contributed by atoms with E-state index in [4.69, 9.17) is 0 Å². The van der Waals surface area contributed by atoms with Gasteiger partial charge in [0.2, 0.25) is 0 Å². The van der Waals surface area contributed by atoms with Gasteiger partial charge in [-0.2, -0.15) is 0 Å². The molecule has 0 saturated heterocycles. The molecule has 2 nitrogen and oxygen atoms in total. The highest BCUT2D eigenvalue weighted by Gasteiger charge is 2.19. The van der Waals surface area contributed by atoms with Crippen molar-refractivity contribution < 1.29 is 13.2 Å². The molecule has 0 saturated carbocycles. The molecule has 0 aliphatic heterocycles. The molecule has 0 fully saturated rings. The first kappa shape index (κ1) is 16.0. The van der Waals surface area contributed by atoms with Crippen molar-refractivity contribution in [2.45, 2.75) is 33.2 Å². The fraction of sp³-hybridized carbons (Fsp3) is 0.400. The number of hydrogen-bond donors (Lipinski definition) is 1. The average molecular weight is 314 g/mol. The lowest BCUT2D eigenvalue weighted by Crippen LogP contribution is -2.13. The number of halogens is 3. The van der Waals surface area contributed by atoms with E-state index in [1.165, 1.54) is 11.3 Å². The summed E-state index contributed by atoms with van der Waals surface area (Å²) in [6, 6.07) is 1.36. The first-order chi connectivity index (χ1) is 10.1. The molecule has 0 amide bonds. The molecule has 0 unspecified atom stereocenters. The minimum atomic E-state index is -0.925. The first-order valence-electron chi connectivity index (χ1n) is 6.91. The van der Waals surface area contributed by atoms with E-state index in [-0.39, 0.29) is 10.6 Å². The van der Waals surface area contributed by atoms with Crippen LogP contribution in [0.3, 0.4) is 0 Å². The smallest absolute Gasteiger partial charge is 0.139 e. The van der Waals surface area contributed by atoms with Gasteiger partial charge in [0.15, 0.2) is 0 Å². The monoisotopic (exact) mass is 314 g/mol. The van der Waals surface area contributed by atoms with E-state index in [2.05, 4.69) is 17.2 Å². The molecule has 0 aliphatic rings. The summed E-state index contributed by atoms with van der Waals surface area (Å²) < 4.78 is 40.6. The number of nitrogens with zero attached hydrogens (tertiary/aromatic N) is 1. The average Bonchev–Trinajstić information content (AvgIpc) is 2.81. The third-order valence-corrected chi connectivity index (χ3v) is 4.16. The van der Waals surface area contributed by atoms with Crippen molar-refractivity contribution in [1.29, 1.82) is 0 Å². The predicted molar refractivity (Wildman–Crippen MR) is 78.8 cm³/mol. The van der Waals surface area contributed by atoms with E-state index in [0.717, 1.165) is 23.5 Å². The normalized spacial score (nSPS) is 11.1. The van der Waals surface area contributed by atoms with Gasteiger partial charge >= 0.3 is 0 Å². The molecule has 0 aliphatic carbocycles. The van der Waals surface area contributed by atoms with Gasteiger partial charge in [-0.3, -0.25) is 0 Å². The van der Waals surface area contributed by atoms with Gasteiger partial charge in [-0.1, -0.05) is 13.8 Å². The van der Waals surface area contributed by atoms with Gasteiger partial charge in [-0.15, -0.1) is 11.3 Å². The molecule has 2 rings (SSSR count). The van der Waals surface area contributed by atoms with Crippen LogP contribution in [0.2, 0.25) is 0 Å². The lowest BCUT2D eigenvalue weighted by atomic mass is 10.2. The van der Waals surface area contributed by atoms with Crippen LogP contribution < -0.4 is 5.32 Å². The molecule has 0 radical (unpaired) electrons. The van der Waals surface area contributed by atoms with Crippen molar-refractivity contribution >= 4 is 11.3 Å². The third-order valence-electron chi connectivity index (χ3n) is 3.05. The summed E-state index contributed by atoms with van der Waals surface area (Å²) in [5.74, 6) is -2.76. The van der Waals surface area contributed by atoms with Crippen LogP contribution in [-0.2, 0) is 13.0 Å². The molecule has 0 atom stereocenters.